The van der Waals surface area contributed by atoms with Crippen LogP contribution >= 0.6 is 0 Å². The third-order valence-corrected chi connectivity index (χ3v) is 9.60. The summed E-state index contributed by atoms with van der Waals surface area (Å²) in [6.45, 7) is 8.84. The second-order valence-electron chi connectivity index (χ2n) is 12.5. The van der Waals surface area contributed by atoms with Gasteiger partial charge in [-0.3, -0.25) is 0 Å². The number of aromatic nitrogens is 4. The first-order chi connectivity index (χ1) is 22.5. The van der Waals surface area contributed by atoms with E-state index in [1.165, 1.54) is 77.8 Å². The summed E-state index contributed by atoms with van der Waals surface area (Å²) in [5.74, 6) is 0. The lowest BCUT2D eigenvalue weighted by Crippen LogP contribution is -2.01. The van der Waals surface area contributed by atoms with Gasteiger partial charge in [-0.05, 0) is 107 Å². The largest absolute Gasteiger partial charge is 0.314 e. The van der Waals surface area contributed by atoms with Crippen LogP contribution in [-0.4, -0.2) is 18.3 Å². The number of aryl methyl sites for hydroxylation is 4. The van der Waals surface area contributed by atoms with Crippen molar-refractivity contribution in [3.8, 4) is 22.7 Å². The zero-order valence-corrected chi connectivity index (χ0v) is 26.5. The summed E-state index contributed by atoms with van der Waals surface area (Å²) in [5, 5.41) is 5.03. The van der Waals surface area contributed by atoms with Gasteiger partial charge < -0.3 is 18.3 Å². The number of fused-ring (bicyclic) bond motifs is 6. The van der Waals surface area contributed by atoms with Crippen molar-refractivity contribution in [2.24, 2.45) is 0 Å². The maximum absolute atomic E-state index is 2.43. The van der Waals surface area contributed by atoms with Crippen molar-refractivity contribution in [3.63, 3.8) is 0 Å². The maximum Gasteiger partial charge on any atom is 0.0625 e. The first-order valence-corrected chi connectivity index (χ1v) is 16.0. The molecule has 0 unspecified atom stereocenters. The summed E-state index contributed by atoms with van der Waals surface area (Å²) >= 11 is 0. The van der Waals surface area contributed by atoms with Gasteiger partial charge in [-0.2, -0.15) is 0 Å². The molecule has 4 nitrogen and oxygen atoms in total. The minimum atomic E-state index is 1.16. The van der Waals surface area contributed by atoms with E-state index in [0.717, 1.165) is 11.4 Å². The molecule has 9 rings (SSSR count). The molecule has 0 atom stereocenters. The van der Waals surface area contributed by atoms with Crippen molar-refractivity contribution in [3.05, 3.63) is 156 Å². The molecule has 0 N–H and O–H groups in total. The minimum Gasteiger partial charge on any atom is -0.314 e. The summed E-state index contributed by atoms with van der Waals surface area (Å²) in [6, 6.07) is 48.7. The lowest BCUT2D eigenvalue weighted by atomic mass is 10.1. The van der Waals surface area contributed by atoms with Gasteiger partial charge >= 0.3 is 0 Å². The van der Waals surface area contributed by atoms with Gasteiger partial charge in [0.1, 0.15) is 0 Å². The Hall–Kier alpha value is -5.74. The zero-order chi connectivity index (χ0) is 31.1. The van der Waals surface area contributed by atoms with E-state index >= 15 is 0 Å². The van der Waals surface area contributed by atoms with E-state index in [-0.39, 0.29) is 0 Å². The second kappa shape index (κ2) is 9.88. The number of para-hydroxylation sites is 2. The van der Waals surface area contributed by atoms with Crippen molar-refractivity contribution in [2.45, 2.75) is 27.7 Å². The van der Waals surface area contributed by atoms with Crippen molar-refractivity contribution >= 4 is 43.6 Å². The number of rotatable bonds is 4. The molecule has 0 spiro atoms. The van der Waals surface area contributed by atoms with Gasteiger partial charge in [0, 0.05) is 67.1 Å². The fourth-order valence-electron chi connectivity index (χ4n) is 7.77. The monoisotopic (exact) mass is 594 g/mol. The van der Waals surface area contributed by atoms with E-state index in [1.54, 1.807) is 0 Å². The van der Waals surface area contributed by atoms with Crippen LogP contribution in [0.2, 0.25) is 0 Å². The molecule has 0 aliphatic rings. The topological polar surface area (TPSA) is 19.7 Å². The second-order valence-corrected chi connectivity index (χ2v) is 12.5. The van der Waals surface area contributed by atoms with Crippen molar-refractivity contribution in [1.82, 2.24) is 18.3 Å². The molecule has 5 aromatic carbocycles. The Morgan fingerprint density at radius 2 is 0.717 bits per heavy atom. The van der Waals surface area contributed by atoms with Crippen molar-refractivity contribution in [1.29, 1.82) is 0 Å². The standard InChI is InChI=1S/C42H34N4/c1-27-22-31-18-20-39-37(24-29(3)43(39)33-12-7-5-8-13-33)41(31)45(27)35-16-11-17-36(26-35)46-28(2)23-32-19-21-40-38(42(32)46)25-30(4)44(40)34-14-9-6-10-15-34/h5-26H,1-4H3. The van der Waals surface area contributed by atoms with E-state index in [9.17, 15) is 0 Å². The molecule has 0 radical (unpaired) electrons. The minimum absolute atomic E-state index is 1.16. The zero-order valence-electron chi connectivity index (χ0n) is 26.5. The van der Waals surface area contributed by atoms with Crippen LogP contribution in [0.15, 0.2) is 133 Å². The number of nitrogens with zero attached hydrogens (tertiary/aromatic N) is 4. The van der Waals surface area contributed by atoms with Gasteiger partial charge in [-0.25, -0.2) is 0 Å². The Balaban J connectivity index is 1.26. The highest BCUT2D eigenvalue weighted by molar-refractivity contribution is 6.08. The Bertz CT molecular complexity index is 2430. The molecule has 4 heteroatoms. The Labute approximate surface area is 268 Å². The van der Waals surface area contributed by atoms with Crippen LogP contribution in [0, 0.1) is 27.7 Å². The Kier molecular flexibility index (Phi) is 5.72. The molecule has 0 aliphatic heterocycles. The highest BCUT2D eigenvalue weighted by Gasteiger charge is 2.19. The lowest BCUT2D eigenvalue weighted by molar-refractivity contribution is 1.02. The predicted octanol–water partition coefficient (Wildman–Crippen LogP) is 10.7. The summed E-state index contributed by atoms with van der Waals surface area (Å²) in [6.07, 6.45) is 0. The first kappa shape index (κ1) is 26.6. The molecule has 0 saturated carbocycles. The van der Waals surface area contributed by atoms with E-state index < -0.39 is 0 Å². The molecule has 0 aliphatic carbocycles. The third kappa shape index (κ3) is 3.80. The maximum atomic E-state index is 2.43. The molecule has 4 aromatic heterocycles. The SMILES string of the molecule is Cc1cc2c(ccc3cc(C)n(-c4cccc(-n5c(C)cc6ccc7c(cc(C)n7-c7ccccc7)c65)c4)c32)n1-c1ccccc1. The highest BCUT2D eigenvalue weighted by Crippen LogP contribution is 2.37. The van der Waals surface area contributed by atoms with Gasteiger partial charge in [-0.15, -0.1) is 0 Å². The Morgan fingerprint density at radius 1 is 0.326 bits per heavy atom. The fourth-order valence-corrected chi connectivity index (χ4v) is 7.77. The van der Waals surface area contributed by atoms with Crippen LogP contribution in [0.4, 0.5) is 0 Å². The molecule has 0 bridgehead atoms. The average molecular weight is 595 g/mol. The molecule has 46 heavy (non-hydrogen) atoms. The van der Waals surface area contributed by atoms with E-state index in [1.807, 2.05) is 0 Å². The van der Waals surface area contributed by atoms with Crippen LogP contribution in [0.3, 0.4) is 0 Å². The molecular formula is C42H34N4. The molecule has 0 saturated heterocycles. The normalized spacial score (nSPS) is 11.9. The summed E-state index contributed by atoms with van der Waals surface area (Å²) < 4.78 is 9.59. The van der Waals surface area contributed by atoms with Gasteiger partial charge in [-0.1, -0.05) is 54.6 Å². The van der Waals surface area contributed by atoms with E-state index in [4.69, 9.17) is 0 Å². The number of hydrogen-bond donors (Lipinski definition) is 0. The molecule has 222 valence electrons. The van der Waals surface area contributed by atoms with Gasteiger partial charge in [0.25, 0.3) is 0 Å². The lowest BCUT2D eigenvalue weighted by Gasteiger charge is -2.15. The molecule has 9 aromatic rings. The van der Waals surface area contributed by atoms with Gasteiger partial charge in [0.05, 0.1) is 22.1 Å². The summed E-state index contributed by atoms with van der Waals surface area (Å²) in [4.78, 5) is 0. The third-order valence-electron chi connectivity index (χ3n) is 9.60. The van der Waals surface area contributed by atoms with E-state index in [0.29, 0.717) is 0 Å². The Morgan fingerprint density at radius 3 is 1.15 bits per heavy atom. The van der Waals surface area contributed by atoms with Crippen LogP contribution < -0.4 is 0 Å². The predicted molar refractivity (Wildman–Crippen MR) is 193 cm³/mol. The highest BCUT2D eigenvalue weighted by atomic mass is 15.0. The van der Waals surface area contributed by atoms with Crippen LogP contribution in [0.1, 0.15) is 22.8 Å². The van der Waals surface area contributed by atoms with E-state index in [2.05, 4.69) is 179 Å². The smallest absolute Gasteiger partial charge is 0.0625 e. The summed E-state index contributed by atoms with van der Waals surface area (Å²) in [7, 11) is 0. The van der Waals surface area contributed by atoms with Crippen LogP contribution in [0.25, 0.3) is 66.4 Å². The quantitative estimate of drug-likeness (QED) is 0.193. The first-order valence-electron chi connectivity index (χ1n) is 16.0. The van der Waals surface area contributed by atoms with Gasteiger partial charge in [0.2, 0.25) is 0 Å². The summed E-state index contributed by atoms with van der Waals surface area (Å²) in [5.41, 5.74) is 14.5. The molecule has 4 heterocycles. The molecule has 0 amide bonds. The van der Waals surface area contributed by atoms with Crippen LogP contribution in [-0.2, 0) is 0 Å². The van der Waals surface area contributed by atoms with Crippen molar-refractivity contribution in [2.75, 3.05) is 0 Å². The van der Waals surface area contributed by atoms with Crippen molar-refractivity contribution < 1.29 is 0 Å². The van der Waals surface area contributed by atoms with Crippen LogP contribution in [0.5, 0.6) is 0 Å². The number of benzene rings is 5. The molecule has 0 fully saturated rings. The molecular weight excluding hydrogens is 560 g/mol. The fraction of sp³-hybridized carbons (Fsp3) is 0.0952. The average Bonchev–Trinajstić information content (AvgIpc) is 3.79. The van der Waals surface area contributed by atoms with Gasteiger partial charge in [0.15, 0.2) is 0 Å². The number of hydrogen-bond acceptors (Lipinski definition) is 0.